The number of benzene rings is 1. The van der Waals surface area contributed by atoms with Crippen molar-refractivity contribution in [1.82, 2.24) is 0 Å². The largest absolute Gasteiger partial charge is 0.0817 e. The Balaban J connectivity index is 0. The van der Waals surface area contributed by atoms with E-state index in [1.807, 2.05) is 13.8 Å². The van der Waals surface area contributed by atoms with Gasteiger partial charge in [-0.25, -0.2) is 0 Å². The van der Waals surface area contributed by atoms with Crippen LogP contribution < -0.4 is 5.30 Å². The quantitative estimate of drug-likeness (QED) is 0.637. The van der Waals surface area contributed by atoms with Crippen LogP contribution in [-0.4, -0.2) is 13.3 Å². The molecule has 0 spiro atoms. The predicted octanol–water partition coefficient (Wildman–Crippen LogP) is 3.08. The average Bonchev–Trinajstić information content (AvgIpc) is 2.10. The van der Waals surface area contributed by atoms with Crippen molar-refractivity contribution in [2.75, 3.05) is 13.3 Å². The van der Waals surface area contributed by atoms with Crippen LogP contribution in [0.4, 0.5) is 0 Å². The zero-order valence-electron chi connectivity index (χ0n) is 8.28. The second kappa shape index (κ2) is 9.32. The molecule has 0 amide bonds. The van der Waals surface area contributed by atoms with E-state index in [4.69, 9.17) is 0 Å². The first-order valence-electron chi connectivity index (χ1n) is 4.03. The number of hydrogen-bond donors (Lipinski definition) is 0. The van der Waals surface area contributed by atoms with Gasteiger partial charge in [-0.2, -0.15) is 0 Å². The van der Waals surface area contributed by atoms with Gasteiger partial charge in [0.2, 0.25) is 0 Å². The van der Waals surface area contributed by atoms with E-state index in [0.29, 0.717) is 0 Å². The van der Waals surface area contributed by atoms with E-state index in [1.54, 1.807) is 0 Å². The van der Waals surface area contributed by atoms with Crippen LogP contribution in [0.2, 0.25) is 0 Å². The fourth-order valence-electron chi connectivity index (χ4n) is 0.726. The molecule has 2 heteroatoms. The zero-order valence-corrected chi connectivity index (χ0v) is 10.6. The minimum atomic E-state index is 0. The number of rotatable bonds is 1. The van der Waals surface area contributed by atoms with Crippen molar-refractivity contribution in [3.05, 3.63) is 30.3 Å². The molecule has 0 nitrogen and oxygen atoms in total. The van der Waals surface area contributed by atoms with Crippen LogP contribution >= 0.6 is 7.92 Å². The first-order chi connectivity index (χ1) is 5.30. The summed E-state index contributed by atoms with van der Waals surface area (Å²) in [5.41, 5.74) is 0. The van der Waals surface area contributed by atoms with E-state index in [1.165, 1.54) is 5.30 Å². The molecule has 0 atom stereocenters. The monoisotopic (exact) mass is 219 g/mol. The Labute approximate surface area is 89.4 Å². The predicted molar refractivity (Wildman–Crippen MR) is 56.2 cm³/mol. The molecule has 0 bridgehead atoms. The Kier molecular flexibility index (Phi) is 11.5. The van der Waals surface area contributed by atoms with Gasteiger partial charge in [0.25, 0.3) is 0 Å². The van der Waals surface area contributed by atoms with Gasteiger partial charge in [-0.15, -0.1) is 0 Å². The van der Waals surface area contributed by atoms with Crippen LogP contribution in [0.1, 0.15) is 13.8 Å². The first-order valence-corrected chi connectivity index (χ1v) is 6.26. The summed E-state index contributed by atoms with van der Waals surface area (Å²) in [7, 11) is 0.104. The van der Waals surface area contributed by atoms with Gasteiger partial charge in [0.15, 0.2) is 0 Å². The molecular weight excluding hydrogens is 202 g/mol. The van der Waals surface area contributed by atoms with Crippen molar-refractivity contribution in [2.24, 2.45) is 0 Å². The van der Waals surface area contributed by atoms with Gasteiger partial charge in [0.05, 0.1) is 0 Å². The van der Waals surface area contributed by atoms with Gasteiger partial charge >= 0.3 is 0 Å². The van der Waals surface area contributed by atoms with Crippen LogP contribution in [0.5, 0.6) is 0 Å². The smallest absolute Gasteiger partial charge is 0 e. The second-order valence-electron chi connectivity index (χ2n) is 2.23. The molecule has 0 unspecified atom stereocenters. The van der Waals surface area contributed by atoms with Crippen LogP contribution in [-0.2, 0) is 18.6 Å². The number of hydrogen-bond acceptors (Lipinski definition) is 0. The average molecular weight is 219 g/mol. The Hall–Kier alpha value is 0.234. The molecule has 1 aromatic carbocycles. The molecule has 1 aromatic rings. The normalized spacial score (nSPS) is 8.08. The molecule has 1 radical (unpaired) electrons. The molecule has 0 saturated heterocycles. The fourth-order valence-corrected chi connectivity index (χ4v) is 1.49. The fraction of sp³-hybridized carbons (Fsp3) is 0.400. The van der Waals surface area contributed by atoms with Crippen molar-refractivity contribution in [3.8, 4) is 0 Å². The van der Waals surface area contributed by atoms with Gasteiger partial charge < -0.3 is 0 Å². The molecule has 12 heavy (non-hydrogen) atoms. The van der Waals surface area contributed by atoms with Gasteiger partial charge in [0.1, 0.15) is 0 Å². The second-order valence-corrected chi connectivity index (χ2v) is 4.54. The van der Waals surface area contributed by atoms with E-state index >= 15 is 0 Å². The van der Waals surface area contributed by atoms with E-state index in [0.717, 1.165) is 0 Å². The summed E-state index contributed by atoms with van der Waals surface area (Å²) >= 11 is 0. The molecule has 0 aromatic heterocycles. The van der Waals surface area contributed by atoms with Crippen LogP contribution in [0.15, 0.2) is 30.3 Å². The van der Waals surface area contributed by atoms with E-state index in [9.17, 15) is 0 Å². The van der Waals surface area contributed by atoms with Gasteiger partial charge in [-0.3, -0.25) is 0 Å². The minimum Gasteiger partial charge on any atom is -0.0817 e. The SMILES string of the molecule is CC.CP(C)c1ccccc1.[V]. The molecular formula is C10H17PV. The van der Waals surface area contributed by atoms with Gasteiger partial charge in [-0.1, -0.05) is 52.1 Å². The molecule has 1 rings (SSSR count). The molecule has 0 saturated carbocycles. The summed E-state index contributed by atoms with van der Waals surface area (Å²) in [4.78, 5) is 0. The molecule has 0 aliphatic heterocycles. The summed E-state index contributed by atoms with van der Waals surface area (Å²) in [6.07, 6.45) is 0. The molecule has 0 fully saturated rings. The van der Waals surface area contributed by atoms with Crippen molar-refractivity contribution in [2.45, 2.75) is 13.8 Å². The molecule has 0 aliphatic carbocycles. The van der Waals surface area contributed by atoms with Crippen LogP contribution in [0.3, 0.4) is 0 Å². The maximum Gasteiger partial charge on any atom is 0 e. The third kappa shape index (κ3) is 5.83. The third-order valence-corrected chi connectivity index (χ3v) is 2.60. The van der Waals surface area contributed by atoms with Crippen LogP contribution in [0.25, 0.3) is 0 Å². The summed E-state index contributed by atoms with van der Waals surface area (Å²) in [5, 5.41) is 1.48. The van der Waals surface area contributed by atoms with E-state index in [2.05, 4.69) is 43.7 Å². The Morgan fingerprint density at radius 2 is 1.33 bits per heavy atom. The zero-order chi connectivity index (χ0) is 8.69. The maximum absolute atomic E-state index is 2.27. The Bertz CT molecular complexity index is 172. The van der Waals surface area contributed by atoms with Gasteiger partial charge in [-0.05, 0) is 18.6 Å². The molecule has 0 heterocycles. The van der Waals surface area contributed by atoms with Crippen molar-refractivity contribution >= 4 is 13.2 Å². The standard InChI is InChI=1S/C8H11P.C2H6.V/c1-9(2)8-6-4-3-5-7-8;1-2;/h3-7H,1-2H3;1-2H3;. The topological polar surface area (TPSA) is 0 Å². The van der Waals surface area contributed by atoms with Crippen molar-refractivity contribution in [1.29, 1.82) is 0 Å². The minimum absolute atomic E-state index is 0. The van der Waals surface area contributed by atoms with E-state index < -0.39 is 0 Å². The maximum atomic E-state index is 2.27. The van der Waals surface area contributed by atoms with Crippen LogP contribution in [0, 0.1) is 0 Å². The molecule has 67 valence electrons. The summed E-state index contributed by atoms with van der Waals surface area (Å²) in [6.45, 7) is 8.54. The van der Waals surface area contributed by atoms with E-state index in [-0.39, 0.29) is 26.5 Å². The molecule has 0 aliphatic rings. The Morgan fingerprint density at radius 1 is 0.917 bits per heavy atom. The summed E-state index contributed by atoms with van der Waals surface area (Å²) in [5.74, 6) is 0. The molecule has 0 N–H and O–H groups in total. The summed E-state index contributed by atoms with van der Waals surface area (Å²) < 4.78 is 0. The third-order valence-electron chi connectivity index (χ3n) is 1.27. The summed E-state index contributed by atoms with van der Waals surface area (Å²) in [6, 6.07) is 10.6. The van der Waals surface area contributed by atoms with Crippen molar-refractivity contribution in [3.63, 3.8) is 0 Å². The van der Waals surface area contributed by atoms with Crippen molar-refractivity contribution < 1.29 is 18.6 Å². The Morgan fingerprint density at radius 3 is 1.58 bits per heavy atom. The van der Waals surface area contributed by atoms with Gasteiger partial charge in [0, 0.05) is 18.6 Å². The first kappa shape index (κ1) is 14.7.